The Morgan fingerprint density at radius 1 is 0.885 bits per heavy atom. The van der Waals surface area contributed by atoms with Gasteiger partial charge in [0.05, 0.1) is 0 Å². The summed E-state index contributed by atoms with van der Waals surface area (Å²) in [5.41, 5.74) is 3.11. The second kappa shape index (κ2) is 10.1. The van der Waals surface area contributed by atoms with Gasteiger partial charge in [0.2, 0.25) is 0 Å². The van der Waals surface area contributed by atoms with Crippen molar-refractivity contribution >= 4 is 5.91 Å². The maximum atomic E-state index is 12.6. The predicted molar refractivity (Wildman–Crippen MR) is 108 cm³/mol. The molecule has 1 amide bonds. The van der Waals surface area contributed by atoms with Gasteiger partial charge in [0.1, 0.15) is 0 Å². The van der Waals surface area contributed by atoms with E-state index in [9.17, 15) is 4.79 Å². The molecule has 0 radical (unpaired) electrons. The summed E-state index contributed by atoms with van der Waals surface area (Å²) in [5, 5.41) is 3.11. The fraction of sp³-hybridized carbons (Fsp3) is 0.435. The summed E-state index contributed by atoms with van der Waals surface area (Å²) < 4.78 is 0. The first kappa shape index (κ1) is 18.7. The van der Waals surface area contributed by atoms with Crippen LogP contribution in [0.15, 0.2) is 54.6 Å². The van der Waals surface area contributed by atoms with E-state index < -0.39 is 0 Å². The number of hydrogen-bond donors (Lipinski definition) is 1. The molecule has 1 aliphatic rings. The maximum absolute atomic E-state index is 12.6. The molecule has 0 saturated carbocycles. The van der Waals surface area contributed by atoms with Crippen molar-refractivity contribution in [1.82, 2.24) is 10.2 Å². The van der Waals surface area contributed by atoms with Crippen molar-refractivity contribution < 1.29 is 4.79 Å². The van der Waals surface area contributed by atoms with Crippen LogP contribution in [-0.4, -0.2) is 37.0 Å². The standard InChI is InChI=1S/C23H30N2O/c26-23(24-15-10-18-25-16-8-1-2-9-17-25)22-14-7-6-13-21(22)19-20-11-4-3-5-12-20/h3-7,11-14H,1-2,8-10,15-19H2,(H,24,26). The van der Waals surface area contributed by atoms with Crippen LogP contribution in [0, 0.1) is 0 Å². The Kier molecular flexibility index (Phi) is 7.26. The average Bonchev–Trinajstić information content (AvgIpc) is 2.95. The first-order valence-corrected chi connectivity index (χ1v) is 9.95. The third-order valence-corrected chi connectivity index (χ3v) is 5.13. The van der Waals surface area contributed by atoms with E-state index in [1.807, 2.05) is 36.4 Å². The zero-order valence-corrected chi connectivity index (χ0v) is 15.6. The van der Waals surface area contributed by atoms with Crippen LogP contribution in [0.3, 0.4) is 0 Å². The van der Waals surface area contributed by atoms with Crippen LogP contribution in [0.2, 0.25) is 0 Å². The summed E-state index contributed by atoms with van der Waals surface area (Å²) in [4.78, 5) is 15.2. The third kappa shape index (κ3) is 5.70. The minimum absolute atomic E-state index is 0.0485. The highest BCUT2D eigenvalue weighted by Crippen LogP contribution is 2.14. The molecule has 0 atom stereocenters. The number of amides is 1. The molecule has 1 N–H and O–H groups in total. The molecule has 0 bridgehead atoms. The number of nitrogens with one attached hydrogen (secondary N) is 1. The van der Waals surface area contributed by atoms with Gasteiger partial charge in [-0.2, -0.15) is 0 Å². The SMILES string of the molecule is O=C(NCCCN1CCCCCC1)c1ccccc1Cc1ccccc1. The molecule has 1 aliphatic heterocycles. The Hall–Kier alpha value is -2.13. The van der Waals surface area contributed by atoms with Crippen LogP contribution >= 0.6 is 0 Å². The van der Waals surface area contributed by atoms with E-state index in [2.05, 4.69) is 28.4 Å². The molecule has 0 unspecified atom stereocenters. The topological polar surface area (TPSA) is 32.3 Å². The summed E-state index contributed by atoms with van der Waals surface area (Å²) in [6.45, 7) is 4.27. The van der Waals surface area contributed by atoms with Gasteiger partial charge in [-0.1, -0.05) is 61.4 Å². The van der Waals surface area contributed by atoms with Crippen LogP contribution in [0.5, 0.6) is 0 Å². The Balaban J connectivity index is 1.50. The summed E-state index contributed by atoms with van der Waals surface area (Å²) >= 11 is 0. The smallest absolute Gasteiger partial charge is 0.251 e. The van der Waals surface area contributed by atoms with Crippen LogP contribution in [0.1, 0.15) is 53.6 Å². The zero-order chi connectivity index (χ0) is 18.0. The number of likely N-dealkylation sites (tertiary alicyclic amines) is 1. The largest absolute Gasteiger partial charge is 0.352 e. The van der Waals surface area contributed by atoms with Gasteiger partial charge < -0.3 is 10.2 Å². The fourth-order valence-electron chi connectivity index (χ4n) is 3.67. The zero-order valence-electron chi connectivity index (χ0n) is 15.6. The normalized spacial score (nSPS) is 15.4. The lowest BCUT2D eigenvalue weighted by Crippen LogP contribution is -2.31. The molecular weight excluding hydrogens is 320 g/mol. The highest BCUT2D eigenvalue weighted by Gasteiger charge is 2.12. The van der Waals surface area contributed by atoms with Crippen molar-refractivity contribution in [2.24, 2.45) is 0 Å². The van der Waals surface area contributed by atoms with E-state index in [0.717, 1.165) is 37.1 Å². The van der Waals surface area contributed by atoms with Crippen LogP contribution < -0.4 is 5.32 Å². The minimum Gasteiger partial charge on any atom is -0.352 e. The molecular formula is C23H30N2O. The van der Waals surface area contributed by atoms with Crippen molar-refractivity contribution in [1.29, 1.82) is 0 Å². The Morgan fingerprint density at radius 2 is 1.58 bits per heavy atom. The predicted octanol–water partition coefficient (Wildman–Crippen LogP) is 4.27. The molecule has 1 fully saturated rings. The monoisotopic (exact) mass is 350 g/mol. The van der Waals surface area contributed by atoms with Crippen LogP contribution in [0.4, 0.5) is 0 Å². The molecule has 2 aromatic carbocycles. The maximum Gasteiger partial charge on any atom is 0.251 e. The van der Waals surface area contributed by atoms with Gasteiger partial charge in [-0.3, -0.25) is 4.79 Å². The van der Waals surface area contributed by atoms with Gasteiger partial charge in [-0.05, 0) is 62.5 Å². The number of carbonyl (C=O) groups excluding carboxylic acids is 1. The second-order valence-corrected chi connectivity index (χ2v) is 7.18. The van der Waals surface area contributed by atoms with E-state index >= 15 is 0 Å². The number of carbonyl (C=O) groups is 1. The highest BCUT2D eigenvalue weighted by atomic mass is 16.1. The van der Waals surface area contributed by atoms with Crippen molar-refractivity contribution in [2.75, 3.05) is 26.2 Å². The van der Waals surface area contributed by atoms with Gasteiger partial charge in [-0.25, -0.2) is 0 Å². The van der Waals surface area contributed by atoms with Gasteiger partial charge in [0.15, 0.2) is 0 Å². The molecule has 0 aliphatic carbocycles. The van der Waals surface area contributed by atoms with Crippen molar-refractivity contribution in [2.45, 2.75) is 38.5 Å². The van der Waals surface area contributed by atoms with Gasteiger partial charge in [-0.15, -0.1) is 0 Å². The molecule has 2 aromatic rings. The van der Waals surface area contributed by atoms with Gasteiger partial charge in [0.25, 0.3) is 5.91 Å². The Morgan fingerprint density at radius 3 is 2.35 bits per heavy atom. The number of hydrogen-bond acceptors (Lipinski definition) is 2. The first-order chi connectivity index (χ1) is 12.8. The Bertz CT molecular complexity index is 676. The van der Waals surface area contributed by atoms with Crippen LogP contribution in [0.25, 0.3) is 0 Å². The lowest BCUT2D eigenvalue weighted by Gasteiger charge is -2.19. The number of benzene rings is 2. The molecule has 26 heavy (non-hydrogen) atoms. The van der Waals surface area contributed by atoms with Gasteiger partial charge in [0, 0.05) is 12.1 Å². The first-order valence-electron chi connectivity index (χ1n) is 9.95. The minimum atomic E-state index is 0.0485. The van der Waals surface area contributed by atoms with Crippen LogP contribution in [-0.2, 0) is 6.42 Å². The highest BCUT2D eigenvalue weighted by molar-refractivity contribution is 5.95. The molecule has 0 spiro atoms. The molecule has 138 valence electrons. The molecule has 0 aromatic heterocycles. The third-order valence-electron chi connectivity index (χ3n) is 5.13. The lowest BCUT2D eigenvalue weighted by molar-refractivity contribution is 0.0951. The van der Waals surface area contributed by atoms with E-state index in [1.54, 1.807) is 0 Å². The second-order valence-electron chi connectivity index (χ2n) is 7.18. The molecule has 3 rings (SSSR count). The summed E-state index contributed by atoms with van der Waals surface area (Å²) in [7, 11) is 0. The van der Waals surface area contributed by atoms with Crippen molar-refractivity contribution in [3.8, 4) is 0 Å². The van der Waals surface area contributed by atoms with Crippen molar-refractivity contribution in [3.05, 3.63) is 71.3 Å². The van der Waals surface area contributed by atoms with E-state index in [-0.39, 0.29) is 5.91 Å². The summed E-state index contributed by atoms with van der Waals surface area (Å²) in [6.07, 6.45) is 7.18. The molecule has 3 heteroatoms. The van der Waals surface area contributed by atoms with E-state index in [0.29, 0.717) is 0 Å². The van der Waals surface area contributed by atoms with Gasteiger partial charge >= 0.3 is 0 Å². The lowest BCUT2D eigenvalue weighted by atomic mass is 9.99. The fourth-order valence-corrected chi connectivity index (χ4v) is 3.67. The summed E-state index contributed by atoms with van der Waals surface area (Å²) in [6, 6.07) is 18.3. The Labute approximate surface area is 157 Å². The molecule has 1 heterocycles. The quantitative estimate of drug-likeness (QED) is 0.756. The number of nitrogens with zero attached hydrogens (tertiary/aromatic N) is 1. The summed E-state index contributed by atoms with van der Waals surface area (Å²) in [5.74, 6) is 0.0485. The number of rotatable bonds is 7. The average molecular weight is 351 g/mol. The molecule has 1 saturated heterocycles. The molecule has 3 nitrogen and oxygen atoms in total. The van der Waals surface area contributed by atoms with E-state index in [4.69, 9.17) is 0 Å². The van der Waals surface area contributed by atoms with E-state index in [1.165, 1.54) is 44.3 Å². The van der Waals surface area contributed by atoms with Crippen molar-refractivity contribution in [3.63, 3.8) is 0 Å².